The third kappa shape index (κ3) is 7.70. The smallest absolute Gasteiger partial charge is 0.225 e. The van der Waals surface area contributed by atoms with Gasteiger partial charge in [0.25, 0.3) is 0 Å². The summed E-state index contributed by atoms with van der Waals surface area (Å²) in [5.74, 6) is 1.76. The van der Waals surface area contributed by atoms with Gasteiger partial charge in [0, 0.05) is 17.7 Å². The summed E-state index contributed by atoms with van der Waals surface area (Å²) in [4.78, 5) is 26.9. The van der Waals surface area contributed by atoms with Gasteiger partial charge in [-0.05, 0) is 31.6 Å². The number of carbonyl (C=O) groups is 1. The van der Waals surface area contributed by atoms with Crippen LogP contribution in [0.25, 0.3) is 0 Å². The zero-order valence-electron chi connectivity index (χ0n) is 15.6. The van der Waals surface area contributed by atoms with E-state index in [2.05, 4.69) is 18.8 Å². The number of carbonyl (C=O) groups excluding carboxylic acids is 2. The maximum absolute atomic E-state index is 12.0. The van der Waals surface area contributed by atoms with Crippen molar-refractivity contribution in [2.24, 2.45) is 16.6 Å². The summed E-state index contributed by atoms with van der Waals surface area (Å²) in [6, 6.07) is 0. The Morgan fingerprint density at radius 2 is 2.00 bits per heavy atom. The molecule has 0 bridgehead atoms. The van der Waals surface area contributed by atoms with E-state index in [0.29, 0.717) is 18.4 Å². The second-order valence-electron chi connectivity index (χ2n) is 6.96. The van der Waals surface area contributed by atoms with E-state index in [1.54, 1.807) is 0 Å². The van der Waals surface area contributed by atoms with Gasteiger partial charge in [-0.15, -0.1) is 0 Å². The van der Waals surface area contributed by atoms with Gasteiger partial charge in [-0.2, -0.15) is 0 Å². The first-order valence-electron chi connectivity index (χ1n) is 9.48. The van der Waals surface area contributed by atoms with Gasteiger partial charge >= 0.3 is 0 Å². The van der Waals surface area contributed by atoms with Crippen molar-refractivity contribution in [2.75, 3.05) is 6.54 Å². The average Bonchev–Trinajstić information content (AvgIpc) is 3.09. The van der Waals surface area contributed by atoms with Crippen LogP contribution in [0, 0.1) is 5.92 Å². The highest BCUT2D eigenvalue weighted by molar-refractivity contribution is 6.04. The summed E-state index contributed by atoms with van der Waals surface area (Å²) in [6.07, 6.45) is 9.78. The SMILES string of the molecule is CCC(C)CCCCCCC(=O)CN=C1CCCC1=C(N)C(O)=C=O. The molecule has 1 rings (SSSR count). The van der Waals surface area contributed by atoms with Gasteiger partial charge in [0.2, 0.25) is 5.76 Å². The molecule has 0 heterocycles. The first-order valence-corrected chi connectivity index (χ1v) is 9.48. The summed E-state index contributed by atoms with van der Waals surface area (Å²) < 4.78 is 0. The molecule has 0 spiro atoms. The van der Waals surface area contributed by atoms with Crippen molar-refractivity contribution in [3.8, 4) is 0 Å². The number of aliphatic hydroxyl groups is 1. The molecule has 1 saturated carbocycles. The zero-order valence-corrected chi connectivity index (χ0v) is 15.6. The van der Waals surface area contributed by atoms with Gasteiger partial charge in [-0.25, -0.2) is 4.79 Å². The van der Waals surface area contributed by atoms with Crippen LogP contribution >= 0.6 is 0 Å². The van der Waals surface area contributed by atoms with E-state index in [4.69, 9.17) is 5.73 Å². The van der Waals surface area contributed by atoms with E-state index < -0.39 is 5.76 Å². The lowest BCUT2D eigenvalue weighted by atomic mass is 10.00. The van der Waals surface area contributed by atoms with Gasteiger partial charge in [0.1, 0.15) is 0 Å². The first-order chi connectivity index (χ1) is 12.0. The van der Waals surface area contributed by atoms with E-state index in [1.807, 2.05) is 0 Å². The number of allylic oxidation sites excluding steroid dienone is 1. The number of Topliss-reactive ketones (excluding diaryl/α,β-unsaturated/α-hetero) is 1. The highest BCUT2D eigenvalue weighted by Crippen LogP contribution is 2.25. The van der Waals surface area contributed by atoms with Crippen molar-refractivity contribution in [1.29, 1.82) is 0 Å². The number of aliphatic imine (C=N–C) groups is 1. The van der Waals surface area contributed by atoms with E-state index in [9.17, 15) is 14.7 Å². The molecule has 140 valence electrons. The summed E-state index contributed by atoms with van der Waals surface area (Å²) in [5.41, 5.74) is 7.21. The molecule has 0 aromatic heterocycles. The van der Waals surface area contributed by atoms with E-state index in [0.717, 1.165) is 37.3 Å². The number of nitrogens with zero attached hydrogens (tertiary/aromatic N) is 1. The average molecular weight is 348 g/mol. The Morgan fingerprint density at radius 1 is 1.28 bits per heavy atom. The molecule has 25 heavy (non-hydrogen) atoms. The van der Waals surface area contributed by atoms with Crippen LogP contribution in [0.3, 0.4) is 0 Å². The molecular weight excluding hydrogens is 316 g/mol. The lowest BCUT2D eigenvalue weighted by molar-refractivity contribution is -0.117. The molecule has 0 aromatic carbocycles. The summed E-state index contributed by atoms with van der Waals surface area (Å²) >= 11 is 0. The standard InChI is InChI=1S/C20H32N2O3/c1-3-15(2)9-6-4-5-7-10-16(24)13-22-18-12-8-11-17(18)20(21)19(25)14-23/h15,25H,3-13,21H2,1-2H3. The van der Waals surface area contributed by atoms with Gasteiger partial charge in [-0.1, -0.05) is 46.0 Å². The summed E-state index contributed by atoms with van der Waals surface area (Å²) in [7, 11) is 0. The molecule has 0 saturated heterocycles. The molecule has 0 aliphatic heterocycles. The largest absolute Gasteiger partial charge is 0.497 e. The molecule has 5 heteroatoms. The monoisotopic (exact) mass is 348 g/mol. The third-order valence-corrected chi connectivity index (χ3v) is 4.91. The first kappa shape index (κ1) is 21.2. The molecule has 0 amide bonds. The number of nitrogens with two attached hydrogens (primary N) is 1. The second-order valence-corrected chi connectivity index (χ2v) is 6.96. The van der Waals surface area contributed by atoms with Crippen LogP contribution in [0.15, 0.2) is 22.0 Å². The van der Waals surface area contributed by atoms with Gasteiger partial charge < -0.3 is 10.8 Å². The molecule has 5 nitrogen and oxygen atoms in total. The molecule has 0 radical (unpaired) electrons. The van der Waals surface area contributed by atoms with Crippen LogP contribution in [0.2, 0.25) is 0 Å². The van der Waals surface area contributed by atoms with Gasteiger partial charge in [0.15, 0.2) is 11.7 Å². The number of hydrogen-bond acceptors (Lipinski definition) is 5. The number of ketones is 1. The number of aliphatic hydroxyl groups excluding tert-OH is 1. The van der Waals surface area contributed by atoms with Gasteiger partial charge in [0.05, 0.1) is 12.2 Å². The molecule has 1 unspecified atom stereocenters. The molecule has 1 aliphatic rings. The highest BCUT2D eigenvalue weighted by atomic mass is 16.3. The predicted molar refractivity (Wildman–Crippen MR) is 101 cm³/mol. The third-order valence-electron chi connectivity index (χ3n) is 4.91. The van der Waals surface area contributed by atoms with Crippen LogP contribution in [-0.2, 0) is 9.59 Å². The Balaban J connectivity index is 2.35. The van der Waals surface area contributed by atoms with Gasteiger partial charge in [-0.3, -0.25) is 9.79 Å². The molecule has 0 aromatic rings. The quantitative estimate of drug-likeness (QED) is 0.334. The van der Waals surface area contributed by atoms with E-state index in [-0.39, 0.29) is 18.0 Å². The van der Waals surface area contributed by atoms with Crippen molar-refractivity contribution in [1.82, 2.24) is 0 Å². The van der Waals surface area contributed by atoms with Crippen LogP contribution in [0.5, 0.6) is 0 Å². The van der Waals surface area contributed by atoms with Crippen molar-refractivity contribution >= 4 is 17.4 Å². The Hall–Kier alpha value is -1.87. The Bertz CT molecular complexity index is 557. The van der Waals surface area contributed by atoms with Crippen molar-refractivity contribution < 1.29 is 14.7 Å². The Labute approximate surface area is 151 Å². The molecule has 3 N–H and O–H groups in total. The number of rotatable bonds is 11. The Morgan fingerprint density at radius 3 is 2.68 bits per heavy atom. The highest BCUT2D eigenvalue weighted by Gasteiger charge is 2.20. The van der Waals surface area contributed by atoms with E-state index >= 15 is 0 Å². The zero-order chi connectivity index (χ0) is 18.7. The van der Waals surface area contributed by atoms with Crippen molar-refractivity contribution in [2.45, 2.75) is 78.1 Å². The van der Waals surface area contributed by atoms with Crippen molar-refractivity contribution in [3.63, 3.8) is 0 Å². The Kier molecular flexibility index (Phi) is 9.86. The molecule has 1 atom stereocenters. The molecular formula is C20H32N2O3. The molecule has 1 aliphatic carbocycles. The number of hydrogen-bond donors (Lipinski definition) is 2. The normalized spacial score (nSPS) is 18.9. The van der Waals surface area contributed by atoms with Crippen molar-refractivity contribution in [3.05, 3.63) is 17.0 Å². The van der Waals surface area contributed by atoms with E-state index in [1.165, 1.54) is 31.6 Å². The maximum Gasteiger partial charge on any atom is 0.225 e. The predicted octanol–water partition coefficient (Wildman–Crippen LogP) is 4.05. The summed E-state index contributed by atoms with van der Waals surface area (Å²) in [5, 5.41) is 9.41. The minimum atomic E-state index is -0.576. The minimum Gasteiger partial charge on any atom is -0.497 e. The van der Waals surface area contributed by atoms with Crippen LogP contribution in [0.1, 0.15) is 78.1 Å². The second kappa shape index (κ2) is 11.6. The lowest BCUT2D eigenvalue weighted by Crippen LogP contribution is -2.11. The fourth-order valence-electron chi connectivity index (χ4n) is 3.03. The van der Waals surface area contributed by atoms with Crippen LogP contribution < -0.4 is 5.73 Å². The number of unbranched alkanes of at least 4 members (excludes halogenated alkanes) is 3. The van der Waals surface area contributed by atoms with Crippen LogP contribution in [-0.4, -0.2) is 29.1 Å². The van der Waals surface area contributed by atoms with Crippen LogP contribution in [0.4, 0.5) is 0 Å². The maximum atomic E-state index is 12.0. The fraction of sp³-hybridized carbons (Fsp3) is 0.700. The topological polar surface area (TPSA) is 92.8 Å². The molecule has 1 fully saturated rings. The fourth-order valence-corrected chi connectivity index (χ4v) is 3.03. The summed E-state index contributed by atoms with van der Waals surface area (Å²) in [6.45, 7) is 4.66. The lowest BCUT2D eigenvalue weighted by Gasteiger charge is -2.07. The minimum absolute atomic E-state index is 0.0417.